The lowest BCUT2D eigenvalue weighted by atomic mass is 9.92. The first kappa shape index (κ1) is 26.0. The minimum Gasteiger partial charge on any atom is -0.310 e. The average molecular weight is 566 g/mol. The largest absolute Gasteiger partial charge is 0.310 e. The van der Waals surface area contributed by atoms with E-state index in [1.54, 1.807) is 0 Å². The summed E-state index contributed by atoms with van der Waals surface area (Å²) in [6.45, 7) is 4.21. The van der Waals surface area contributed by atoms with Gasteiger partial charge in [0.2, 0.25) is 0 Å². The van der Waals surface area contributed by atoms with Crippen LogP contribution in [0.1, 0.15) is 11.1 Å². The Morgan fingerprint density at radius 1 is 0.409 bits per heavy atom. The first-order chi connectivity index (χ1) is 21.7. The number of benzene rings is 7. The molecule has 0 fully saturated rings. The Bertz CT molecular complexity index is 2060. The predicted octanol–water partition coefficient (Wildman–Crippen LogP) is 11.5. The molecule has 0 aliphatic rings. The summed E-state index contributed by atoms with van der Waals surface area (Å²) in [4.78, 5) is 9.52. The lowest BCUT2D eigenvalue weighted by Crippen LogP contribution is -2.12. The molecule has 1 aromatic heterocycles. The zero-order valence-electron chi connectivity index (χ0n) is 24.8. The van der Waals surface area contributed by atoms with Gasteiger partial charge in [-0.1, -0.05) is 96.6 Å². The fourth-order valence-electron chi connectivity index (χ4n) is 6.42. The number of para-hydroxylation sites is 2. The van der Waals surface area contributed by atoms with Crippen molar-refractivity contribution >= 4 is 66.6 Å². The van der Waals surface area contributed by atoms with Crippen molar-refractivity contribution in [2.75, 3.05) is 9.80 Å². The Labute approximate surface area is 257 Å². The van der Waals surface area contributed by atoms with Crippen molar-refractivity contribution in [1.29, 1.82) is 0 Å². The minimum absolute atomic E-state index is 0.896. The summed E-state index contributed by atoms with van der Waals surface area (Å²) in [7, 11) is 0. The molecule has 8 aromatic rings. The Kier molecular flexibility index (Phi) is 6.23. The molecule has 0 radical (unpaired) electrons. The van der Waals surface area contributed by atoms with Gasteiger partial charge in [-0.25, -0.2) is 4.98 Å². The average Bonchev–Trinajstić information content (AvgIpc) is 3.07. The third kappa shape index (κ3) is 4.33. The van der Waals surface area contributed by atoms with Crippen LogP contribution >= 0.6 is 0 Å². The van der Waals surface area contributed by atoms with Gasteiger partial charge in [-0.3, -0.25) is 4.90 Å². The highest BCUT2D eigenvalue weighted by Crippen LogP contribution is 2.47. The second kappa shape index (κ2) is 10.6. The highest BCUT2D eigenvalue weighted by atomic mass is 15.2. The zero-order chi connectivity index (χ0) is 29.6. The molecule has 1 heterocycles. The molecular formula is C41H31N3. The maximum Gasteiger partial charge on any atom is 0.137 e. The molecular weight excluding hydrogens is 534 g/mol. The quantitative estimate of drug-likeness (QED) is 0.187. The van der Waals surface area contributed by atoms with E-state index in [1.165, 1.54) is 37.9 Å². The van der Waals surface area contributed by atoms with Crippen LogP contribution in [0.25, 0.3) is 32.3 Å². The predicted molar refractivity (Wildman–Crippen MR) is 187 cm³/mol. The summed E-state index contributed by atoms with van der Waals surface area (Å²) in [5.41, 5.74) is 8.00. The standard InChI is InChI=1S/C41H31N3/c1-28-13-20-34(21-14-28)43(32-9-5-3-6-10-32)37-24-18-30-17-23-36-38(25-19-31-16-22-35(37)40(30)41(31)36)44(33-11-7-4-8-12-33)39-26-15-29(2)27-42-39/h3-27H,1-2H3. The van der Waals surface area contributed by atoms with Gasteiger partial charge in [0.1, 0.15) is 5.82 Å². The summed E-state index contributed by atoms with van der Waals surface area (Å²) in [5.74, 6) is 0.896. The monoisotopic (exact) mass is 565 g/mol. The van der Waals surface area contributed by atoms with Crippen molar-refractivity contribution in [3.05, 3.63) is 163 Å². The van der Waals surface area contributed by atoms with E-state index in [0.717, 1.165) is 39.8 Å². The van der Waals surface area contributed by atoms with Crippen molar-refractivity contribution in [3.8, 4) is 0 Å². The van der Waals surface area contributed by atoms with Crippen LogP contribution in [-0.2, 0) is 0 Å². The number of rotatable bonds is 6. The van der Waals surface area contributed by atoms with Gasteiger partial charge < -0.3 is 4.90 Å². The summed E-state index contributed by atoms with van der Waals surface area (Å²) in [5, 5.41) is 7.43. The summed E-state index contributed by atoms with van der Waals surface area (Å²) >= 11 is 0. The van der Waals surface area contributed by atoms with Gasteiger partial charge in [0, 0.05) is 34.0 Å². The molecule has 44 heavy (non-hydrogen) atoms. The number of nitrogens with zero attached hydrogens (tertiary/aromatic N) is 3. The third-order valence-electron chi connectivity index (χ3n) is 8.55. The second-order valence-electron chi connectivity index (χ2n) is 11.5. The molecule has 210 valence electrons. The van der Waals surface area contributed by atoms with E-state index < -0.39 is 0 Å². The summed E-state index contributed by atoms with van der Waals surface area (Å²) < 4.78 is 0. The van der Waals surface area contributed by atoms with Crippen LogP contribution in [0.2, 0.25) is 0 Å². The number of anilines is 6. The van der Waals surface area contributed by atoms with Crippen molar-refractivity contribution < 1.29 is 0 Å². The van der Waals surface area contributed by atoms with E-state index in [4.69, 9.17) is 4.98 Å². The van der Waals surface area contributed by atoms with E-state index in [9.17, 15) is 0 Å². The van der Waals surface area contributed by atoms with Crippen molar-refractivity contribution in [1.82, 2.24) is 4.98 Å². The molecule has 3 heteroatoms. The van der Waals surface area contributed by atoms with E-state index >= 15 is 0 Å². The lowest BCUT2D eigenvalue weighted by Gasteiger charge is -2.29. The number of hydrogen-bond donors (Lipinski definition) is 0. The van der Waals surface area contributed by atoms with Crippen molar-refractivity contribution in [3.63, 3.8) is 0 Å². The highest BCUT2D eigenvalue weighted by molar-refractivity contribution is 6.28. The van der Waals surface area contributed by atoms with Crippen molar-refractivity contribution in [2.45, 2.75) is 13.8 Å². The van der Waals surface area contributed by atoms with Gasteiger partial charge in [-0.2, -0.15) is 0 Å². The van der Waals surface area contributed by atoms with E-state index in [2.05, 4.69) is 169 Å². The van der Waals surface area contributed by atoms with Gasteiger partial charge in [0.05, 0.1) is 11.4 Å². The number of hydrogen-bond acceptors (Lipinski definition) is 3. The van der Waals surface area contributed by atoms with Crippen LogP contribution in [0.15, 0.2) is 152 Å². The molecule has 0 saturated carbocycles. The SMILES string of the molecule is Cc1ccc(N(c2ccccc2)c2ccc3ccc4c(N(c5ccccc5)c5ccc(C)cn5)ccc5ccc2c3c54)cc1. The molecule has 0 atom stereocenters. The van der Waals surface area contributed by atoms with E-state index in [1.807, 2.05) is 6.20 Å². The summed E-state index contributed by atoms with van der Waals surface area (Å²) in [6, 6.07) is 52.3. The fourth-order valence-corrected chi connectivity index (χ4v) is 6.42. The molecule has 0 unspecified atom stereocenters. The molecule has 0 aliphatic carbocycles. The van der Waals surface area contributed by atoms with Crippen LogP contribution in [-0.4, -0.2) is 4.98 Å². The fraction of sp³-hybridized carbons (Fsp3) is 0.0488. The first-order valence-corrected chi connectivity index (χ1v) is 15.1. The lowest BCUT2D eigenvalue weighted by molar-refractivity contribution is 1.17. The molecule has 8 rings (SSSR count). The molecule has 0 N–H and O–H groups in total. The molecule has 0 saturated heterocycles. The first-order valence-electron chi connectivity index (χ1n) is 15.1. The molecule has 0 aliphatic heterocycles. The maximum atomic E-state index is 4.87. The van der Waals surface area contributed by atoms with Gasteiger partial charge in [-0.15, -0.1) is 0 Å². The minimum atomic E-state index is 0.896. The molecule has 0 spiro atoms. The zero-order valence-corrected chi connectivity index (χ0v) is 24.8. The van der Waals surface area contributed by atoms with Gasteiger partial charge in [-0.05, 0) is 95.6 Å². The highest BCUT2D eigenvalue weighted by Gasteiger charge is 2.21. The van der Waals surface area contributed by atoms with Crippen LogP contribution in [0.5, 0.6) is 0 Å². The van der Waals surface area contributed by atoms with E-state index in [-0.39, 0.29) is 0 Å². The van der Waals surface area contributed by atoms with E-state index in [0.29, 0.717) is 0 Å². The molecule has 0 amide bonds. The number of pyridine rings is 1. The number of aromatic nitrogens is 1. The Hall–Kier alpha value is -5.67. The Balaban J connectivity index is 1.41. The smallest absolute Gasteiger partial charge is 0.137 e. The van der Waals surface area contributed by atoms with Crippen LogP contribution in [0.4, 0.5) is 34.3 Å². The normalized spacial score (nSPS) is 11.4. The molecule has 0 bridgehead atoms. The second-order valence-corrected chi connectivity index (χ2v) is 11.5. The van der Waals surface area contributed by atoms with Crippen molar-refractivity contribution in [2.24, 2.45) is 0 Å². The van der Waals surface area contributed by atoms with Gasteiger partial charge >= 0.3 is 0 Å². The Morgan fingerprint density at radius 3 is 1.43 bits per heavy atom. The van der Waals surface area contributed by atoms with Gasteiger partial charge in [0.15, 0.2) is 0 Å². The third-order valence-corrected chi connectivity index (χ3v) is 8.55. The topological polar surface area (TPSA) is 19.4 Å². The van der Waals surface area contributed by atoms with Crippen LogP contribution in [0, 0.1) is 13.8 Å². The Morgan fingerprint density at radius 2 is 0.886 bits per heavy atom. The number of aryl methyl sites for hydroxylation is 2. The van der Waals surface area contributed by atoms with Gasteiger partial charge in [0.25, 0.3) is 0 Å². The van der Waals surface area contributed by atoms with Crippen LogP contribution < -0.4 is 9.80 Å². The summed E-state index contributed by atoms with van der Waals surface area (Å²) in [6.07, 6.45) is 1.94. The maximum absolute atomic E-state index is 4.87. The molecule has 7 aromatic carbocycles. The van der Waals surface area contributed by atoms with Crippen LogP contribution in [0.3, 0.4) is 0 Å². The molecule has 3 nitrogen and oxygen atoms in total.